The van der Waals surface area contributed by atoms with Crippen molar-refractivity contribution in [2.75, 3.05) is 0 Å². The number of thiazole rings is 1. The Kier molecular flexibility index (Phi) is 5.36. The third kappa shape index (κ3) is 4.02. The molecule has 0 atom stereocenters. The summed E-state index contributed by atoms with van der Waals surface area (Å²) in [6, 6.07) is 23.2. The van der Waals surface area contributed by atoms with Crippen LogP contribution in [0.5, 0.6) is 0 Å². The molecule has 0 radical (unpaired) electrons. The summed E-state index contributed by atoms with van der Waals surface area (Å²) in [5.74, 6) is 0.214. The highest BCUT2D eigenvalue weighted by Gasteiger charge is 2.14. The number of fused-ring (bicyclic) bond motifs is 1. The van der Waals surface area contributed by atoms with Gasteiger partial charge in [-0.1, -0.05) is 54.2 Å². The summed E-state index contributed by atoms with van der Waals surface area (Å²) in [6.45, 7) is 0. The van der Waals surface area contributed by atoms with Crippen LogP contribution in [0.15, 0.2) is 94.2 Å². The van der Waals surface area contributed by atoms with Gasteiger partial charge in [0.25, 0.3) is 5.56 Å². The van der Waals surface area contributed by atoms with E-state index >= 15 is 0 Å². The van der Waals surface area contributed by atoms with Crippen molar-refractivity contribution >= 4 is 34.0 Å². The lowest BCUT2D eigenvalue weighted by molar-refractivity contribution is 0.627. The quantitative estimate of drug-likeness (QED) is 0.248. The normalized spacial score (nSPS) is 11.1. The number of nitrogens with zero attached hydrogens (tertiary/aromatic N) is 3. The van der Waals surface area contributed by atoms with Gasteiger partial charge in [-0.25, -0.2) is 14.4 Å². The first-order valence-electron chi connectivity index (χ1n) is 9.59. The van der Waals surface area contributed by atoms with Crippen molar-refractivity contribution < 1.29 is 4.39 Å². The number of thioether (sulfide) groups is 1. The third-order valence-electron chi connectivity index (χ3n) is 4.75. The monoisotopic (exact) mass is 445 g/mol. The molecule has 0 aliphatic heterocycles. The molecule has 2 heterocycles. The number of halogens is 1. The van der Waals surface area contributed by atoms with Crippen molar-refractivity contribution in [3.8, 4) is 16.3 Å². The zero-order valence-corrected chi connectivity index (χ0v) is 17.9. The van der Waals surface area contributed by atoms with Gasteiger partial charge in [0, 0.05) is 16.7 Å². The molecule has 2 aromatic heterocycles. The Morgan fingerprint density at radius 2 is 1.65 bits per heavy atom. The van der Waals surface area contributed by atoms with Gasteiger partial charge in [0.1, 0.15) is 10.8 Å². The maximum absolute atomic E-state index is 13.5. The second-order valence-electron chi connectivity index (χ2n) is 6.83. The van der Waals surface area contributed by atoms with Crippen molar-refractivity contribution in [3.63, 3.8) is 0 Å². The maximum atomic E-state index is 13.5. The Morgan fingerprint density at radius 3 is 2.45 bits per heavy atom. The van der Waals surface area contributed by atoms with Crippen molar-refractivity contribution in [3.05, 3.63) is 106 Å². The fourth-order valence-corrected chi connectivity index (χ4v) is 5.09. The molecule has 3 aromatic carbocycles. The second kappa shape index (κ2) is 8.45. The average Bonchev–Trinajstić information content (AvgIpc) is 3.28. The number of hydrogen-bond donors (Lipinski definition) is 0. The predicted molar refractivity (Wildman–Crippen MR) is 124 cm³/mol. The summed E-state index contributed by atoms with van der Waals surface area (Å²) in [5, 5.41) is 4.05. The van der Waals surface area contributed by atoms with Gasteiger partial charge in [-0.05, 0) is 36.4 Å². The van der Waals surface area contributed by atoms with Gasteiger partial charge in [-0.15, -0.1) is 11.3 Å². The van der Waals surface area contributed by atoms with Crippen LogP contribution >= 0.6 is 23.1 Å². The molecule has 152 valence electrons. The Bertz CT molecular complexity index is 1410. The lowest BCUT2D eigenvalue weighted by Gasteiger charge is -2.13. The Labute approximate surface area is 186 Å². The van der Waals surface area contributed by atoms with Crippen LogP contribution in [0.25, 0.3) is 27.2 Å². The molecule has 5 aromatic rings. The number of benzene rings is 3. The largest absolute Gasteiger partial charge is 0.268 e. The molecule has 0 aliphatic rings. The first-order chi connectivity index (χ1) is 15.2. The first kappa shape index (κ1) is 19.7. The lowest BCUT2D eigenvalue weighted by Crippen LogP contribution is -2.21. The van der Waals surface area contributed by atoms with E-state index in [1.807, 2.05) is 53.9 Å². The number of aromatic nitrogens is 3. The van der Waals surface area contributed by atoms with Crippen LogP contribution in [0.1, 0.15) is 5.69 Å². The molecule has 4 nitrogen and oxygen atoms in total. The van der Waals surface area contributed by atoms with Crippen LogP contribution < -0.4 is 5.56 Å². The van der Waals surface area contributed by atoms with E-state index in [-0.39, 0.29) is 11.4 Å². The lowest BCUT2D eigenvalue weighted by atomic mass is 10.2. The van der Waals surface area contributed by atoms with Crippen molar-refractivity contribution in [1.29, 1.82) is 0 Å². The smallest absolute Gasteiger partial charge is 0.266 e. The van der Waals surface area contributed by atoms with Gasteiger partial charge < -0.3 is 0 Å². The third-order valence-corrected chi connectivity index (χ3v) is 6.66. The van der Waals surface area contributed by atoms with Crippen molar-refractivity contribution in [2.45, 2.75) is 10.9 Å². The molecule has 0 bridgehead atoms. The van der Waals surface area contributed by atoms with E-state index in [1.54, 1.807) is 29.5 Å². The molecule has 0 unspecified atom stereocenters. The number of rotatable bonds is 5. The Morgan fingerprint density at radius 1 is 0.903 bits per heavy atom. The zero-order chi connectivity index (χ0) is 21.2. The highest BCUT2D eigenvalue weighted by molar-refractivity contribution is 7.98. The standard InChI is InChI=1S/C24H16FN3OS2/c25-17-10-12-19(13-11-17)28-23(29)20-8-4-5-9-21(20)27-24(28)31-15-18-14-30-22(26-18)16-6-2-1-3-7-16/h1-14H,15H2. The predicted octanol–water partition coefficient (Wildman–Crippen LogP) is 5.94. The van der Waals surface area contributed by atoms with Crippen LogP contribution in [0.3, 0.4) is 0 Å². The van der Waals surface area contributed by atoms with Crippen molar-refractivity contribution in [2.24, 2.45) is 0 Å². The van der Waals surface area contributed by atoms with E-state index in [2.05, 4.69) is 0 Å². The van der Waals surface area contributed by atoms with Crippen molar-refractivity contribution in [1.82, 2.24) is 14.5 Å². The molecule has 5 rings (SSSR count). The number of hydrogen-bond acceptors (Lipinski definition) is 5. The summed E-state index contributed by atoms with van der Waals surface area (Å²) >= 11 is 3.03. The van der Waals surface area contributed by atoms with Gasteiger partial charge in [-0.3, -0.25) is 9.36 Å². The van der Waals surface area contributed by atoms with Crippen LogP contribution in [0.2, 0.25) is 0 Å². The molecule has 0 saturated carbocycles. The molecule has 0 saturated heterocycles. The number of para-hydroxylation sites is 1. The molecule has 0 amide bonds. The Balaban J connectivity index is 1.52. The van der Waals surface area contributed by atoms with Gasteiger partial charge >= 0.3 is 0 Å². The minimum absolute atomic E-state index is 0.178. The highest BCUT2D eigenvalue weighted by Crippen LogP contribution is 2.28. The summed E-state index contributed by atoms with van der Waals surface area (Å²) in [5.41, 5.74) is 3.03. The molecule has 0 N–H and O–H groups in total. The molecule has 7 heteroatoms. The second-order valence-corrected chi connectivity index (χ2v) is 8.63. The average molecular weight is 446 g/mol. The van der Waals surface area contributed by atoms with Crippen LogP contribution in [0, 0.1) is 5.82 Å². The fraction of sp³-hybridized carbons (Fsp3) is 0.0417. The zero-order valence-electron chi connectivity index (χ0n) is 16.2. The molecular weight excluding hydrogens is 429 g/mol. The molecule has 0 spiro atoms. The van der Waals surface area contributed by atoms with Crippen LogP contribution in [0.4, 0.5) is 4.39 Å². The van der Waals surface area contributed by atoms with Gasteiger partial charge in [0.15, 0.2) is 5.16 Å². The SMILES string of the molecule is O=c1c2ccccc2nc(SCc2csc(-c3ccccc3)n2)n1-c1ccc(F)cc1. The van der Waals surface area contributed by atoms with E-state index in [9.17, 15) is 9.18 Å². The maximum Gasteiger partial charge on any atom is 0.266 e. The molecule has 0 aliphatic carbocycles. The molecule has 31 heavy (non-hydrogen) atoms. The van der Waals surface area contributed by atoms with Crippen LogP contribution in [-0.2, 0) is 5.75 Å². The van der Waals surface area contributed by atoms with Gasteiger partial charge in [0.05, 0.1) is 22.3 Å². The Hall–Kier alpha value is -3.29. The topological polar surface area (TPSA) is 47.8 Å². The summed E-state index contributed by atoms with van der Waals surface area (Å²) in [4.78, 5) is 22.7. The highest BCUT2D eigenvalue weighted by atomic mass is 32.2. The first-order valence-corrected chi connectivity index (χ1v) is 11.5. The molecule has 0 fully saturated rings. The fourth-order valence-electron chi connectivity index (χ4n) is 3.25. The van der Waals surface area contributed by atoms with E-state index in [4.69, 9.17) is 9.97 Å². The minimum atomic E-state index is -0.351. The van der Waals surface area contributed by atoms with Gasteiger partial charge in [-0.2, -0.15) is 0 Å². The molecular formula is C24H16FN3OS2. The van der Waals surface area contributed by atoms with E-state index in [0.29, 0.717) is 27.5 Å². The van der Waals surface area contributed by atoms with E-state index in [0.717, 1.165) is 16.3 Å². The van der Waals surface area contributed by atoms with E-state index < -0.39 is 0 Å². The summed E-state index contributed by atoms with van der Waals surface area (Å²) < 4.78 is 15.0. The summed E-state index contributed by atoms with van der Waals surface area (Å²) in [7, 11) is 0. The summed E-state index contributed by atoms with van der Waals surface area (Å²) in [6.07, 6.45) is 0. The van der Waals surface area contributed by atoms with E-state index in [1.165, 1.54) is 28.5 Å². The minimum Gasteiger partial charge on any atom is -0.268 e. The van der Waals surface area contributed by atoms with Gasteiger partial charge in [0.2, 0.25) is 0 Å². The van der Waals surface area contributed by atoms with Crippen LogP contribution in [-0.4, -0.2) is 14.5 Å².